The fourth-order valence-electron chi connectivity index (χ4n) is 2.71. The number of rotatable bonds is 6. The van der Waals surface area contributed by atoms with E-state index in [9.17, 15) is 0 Å². The molecule has 5 heteroatoms. The maximum atomic E-state index is 6.00. The zero-order chi connectivity index (χ0) is 18.3. The van der Waals surface area contributed by atoms with Crippen molar-refractivity contribution in [3.8, 4) is 17.1 Å². The van der Waals surface area contributed by atoms with E-state index in [1.165, 1.54) is 0 Å². The van der Waals surface area contributed by atoms with Gasteiger partial charge >= 0.3 is 0 Å². The van der Waals surface area contributed by atoms with Crippen molar-refractivity contribution < 1.29 is 4.74 Å². The van der Waals surface area contributed by atoms with Gasteiger partial charge in [-0.3, -0.25) is 0 Å². The standard InChI is InChI=1S/C22H18N4O/c1-3-9-18(10-4-1)17-27-21-14-8-7-11-19(21)15-16-26-22(23-24-25-26)20-12-5-2-6-13-20/h1-16H,17H2/b16-15+. The van der Waals surface area contributed by atoms with E-state index in [1.54, 1.807) is 4.68 Å². The summed E-state index contributed by atoms with van der Waals surface area (Å²) in [5, 5.41) is 12.0. The number of hydrogen-bond acceptors (Lipinski definition) is 4. The van der Waals surface area contributed by atoms with Gasteiger partial charge in [-0.25, -0.2) is 4.68 Å². The summed E-state index contributed by atoms with van der Waals surface area (Å²) < 4.78 is 7.65. The van der Waals surface area contributed by atoms with Crippen LogP contribution < -0.4 is 4.74 Å². The molecule has 0 aliphatic carbocycles. The summed E-state index contributed by atoms with van der Waals surface area (Å²) in [4.78, 5) is 0. The predicted octanol–water partition coefficient (Wildman–Crippen LogP) is 4.55. The average molecular weight is 354 g/mol. The van der Waals surface area contributed by atoms with E-state index in [-0.39, 0.29) is 0 Å². The number of benzene rings is 3. The molecule has 5 nitrogen and oxygen atoms in total. The van der Waals surface area contributed by atoms with Crippen LogP contribution in [0.25, 0.3) is 23.7 Å². The molecule has 0 saturated heterocycles. The highest BCUT2D eigenvalue weighted by Crippen LogP contribution is 2.22. The van der Waals surface area contributed by atoms with Gasteiger partial charge in [-0.05, 0) is 28.1 Å². The Morgan fingerprint density at radius 2 is 1.52 bits per heavy atom. The van der Waals surface area contributed by atoms with Crippen LogP contribution in [-0.2, 0) is 6.61 Å². The lowest BCUT2D eigenvalue weighted by molar-refractivity contribution is 0.305. The van der Waals surface area contributed by atoms with E-state index in [1.807, 2.05) is 97.2 Å². The third-order valence-electron chi connectivity index (χ3n) is 4.08. The van der Waals surface area contributed by atoms with Gasteiger partial charge in [0.25, 0.3) is 0 Å². The Labute approximate surface area is 157 Å². The van der Waals surface area contributed by atoms with Crippen molar-refractivity contribution in [2.45, 2.75) is 6.61 Å². The summed E-state index contributed by atoms with van der Waals surface area (Å²) in [6, 6.07) is 27.9. The van der Waals surface area contributed by atoms with Crippen LogP contribution in [0, 0.1) is 0 Å². The first-order valence-electron chi connectivity index (χ1n) is 8.67. The summed E-state index contributed by atoms with van der Waals surface area (Å²) >= 11 is 0. The molecule has 132 valence electrons. The molecular formula is C22H18N4O. The number of para-hydroxylation sites is 1. The molecule has 0 unspecified atom stereocenters. The first-order valence-corrected chi connectivity index (χ1v) is 8.67. The quantitative estimate of drug-likeness (QED) is 0.510. The van der Waals surface area contributed by atoms with Crippen LogP contribution in [0.4, 0.5) is 0 Å². The molecule has 4 rings (SSSR count). The number of nitrogens with zero attached hydrogens (tertiary/aromatic N) is 4. The minimum absolute atomic E-state index is 0.520. The van der Waals surface area contributed by atoms with Gasteiger partial charge in [-0.1, -0.05) is 78.9 Å². The number of ether oxygens (including phenoxy) is 1. The molecule has 0 amide bonds. The largest absolute Gasteiger partial charge is 0.488 e. The van der Waals surface area contributed by atoms with Gasteiger partial charge in [0.2, 0.25) is 0 Å². The first-order chi connectivity index (χ1) is 13.4. The summed E-state index contributed by atoms with van der Waals surface area (Å²) in [7, 11) is 0. The minimum Gasteiger partial charge on any atom is -0.488 e. The summed E-state index contributed by atoms with van der Waals surface area (Å²) in [6.07, 6.45) is 3.79. The number of aromatic nitrogens is 4. The third-order valence-corrected chi connectivity index (χ3v) is 4.08. The normalized spacial score (nSPS) is 11.0. The molecule has 1 heterocycles. The van der Waals surface area contributed by atoms with Gasteiger partial charge in [0.15, 0.2) is 5.82 Å². The topological polar surface area (TPSA) is 52.8 Å². The van der Waals surface area contributed by atoms with E-state index in [2.05, 4.69) is 15.5 Å². The zero-order valence-corrected chi connectivity index (χ0v) is 14.6. The highest BCUT2D eigenvalue weighted by molar-refractivity contribution is 5.67. The molecule has 27 heavy (non-hydrogen) atoms. The smallest absolute Gasteiger partial charge is 0.186 e. The van der Waals surface area contributed by atoms with Crippen molar-refractivity contribution in [2.24, 2.45) is 0 Å². The molecule has 4 aromatic rings. The highest BCUT2D eigenvalue weighted by atomic mass is 16.5. The summed E-state index contributed by atoms with van der Waals surface area (Å²) in [6.45, 7) is 0.520. The van der Waals surface area contributed by atoms with Crippen LogP contribution in [-0.4, -0.2) is 20.2 Å². The molecule has 0 saturated carbocycles. The molecule has 0 aliphatic rings. The molecule has 0 atom stereocenters. The second kappa shape index (κ2) is 8.10. The number of tetrazole rings is 1. The van der Waals surface area contributed by atoms with Gasteiger partial charge in [0, 0.05) is 17.3 Å². The van der Waals surface area contributed by atoms with E-state index in [0.29, 0.717) is 12.4 Å². The lowest BCUT2D eigenvalue weighted by atomic mass is 10.2. The second-order valence-corrected chi connectivity index (χ2v) is 5.94. The van der Waals surface area contributed by atoms with Crippen molar-refractivity contribution in [3.63, 3.8) is 0 Å². The van der Waals surface area contributed by atoms with Crippen LogP contribution in [0.15, 0.2) is 84.9 Å². The maximum absolute atomic E-state index is 6.00. The van der Waals surface area contributed by atoms with Crippen LogP contribution in [0.1, 0.15) is 11.1 Å². The van der Waals surface area contributed by atoms with Gasteiger partial charge in [0.1, 0.15) is 12.4 Å². The Hall–Kier alpha value is -3.73. The van der Waals surface area contributed by atoms with Crippen molar-refractivity contribution >= 4 is 12.3 Å². The van der Waals surface area contributed by atoms with Crippen molar-refractivity contribution in [2.75, 3.05) is 0 Å². The SMILES string of the molecule is C(=C\n1nnnc1-c1ccccc1)/c1ccccc1OCc1ccccc1. The van der Waals surface area contributed by atoms with Gasteiger partial charge in [-0.2, -0.15) is 0 Å². The van der Waals surface area contributed by atoms with Crippen molar-refractivity contribution in [1.82, 2.24) is 20.2 Å². The molecule has 0 spiro atoms. The Balaban J connectivity index is 1.55. The molecule has 0 N–H and O–H groups in total. The van der Waals surface area contributed by atoms with Crippen LogP contribution in [0.2, 0.25) is 0 Å². The van der Waals surface area contributed by atoms with Gasteiger partial charge < -0.3 is 4.74 Å². The predicted molar refractivity (Wildman–Crippen MR) is 106 cm³/mol. The van der Waals surface area contributed by atoms with E-state index >= 15 is 0 Å². The average Bonchev–Trinajstić information content (AvgIpc) is 3.21. The van der Waals surface area contributed by atoms with Gasteiger partial charge in [-0.15, -0.1) is 5.10 Å². The van der Waals surface area contributed by atoms with E-state index in [4.69, 9.17) is 4.74 Å². The Morgan fingerprint density at radius 3 is 2.33 bits per heavy atom. The lowest BCUT2D eigenvalue weighted by Crippen LogP contribution is -1.97. The highest BCUT2D eigenvalue weighted by Gasteiger charge is 2.06. The molecule has 0 aliphatic heterocycles. The molecule has 0 fully saturated rings. The van der Waals surface area contributed by atoms with Crippen LogP contribution in [0.3, 0.4) is 0 Å². The monoisotopic (exact) mass is 354 g/mol. The zero-order valence-electron chi connectivity index (χ0n) is 14.6. The molecule has 0 bridgehead atoms. The third kappa shape index (κ3) is 4.10. The fraction of sp³-hybridized carbons (Fsp3) is 0.0455. The van der Waals surface area contributed by atoms with E-state index < -0.39 is 0 Å². The van der Waals surface area contributed by atoms with Crippen molar-refractivity contribution in [1.29, 1.82) is 0 Å². The number of hydrogen-bond donors (Lipinski definition) is 0. The van der Waals surface area contributed by atoms with Gasteiger partial charge in [0.05, 0.1) is 0 Å². The molecule has 0 radical (unpaired) electrons. The van der Waals surface area contributed by atoms with Crippen LogP contribution in [0.5, 0.6) is 5.75 Å². The minimum atomic E-state index is 0.520. The maximum Gasteiger partial charge on any atom is 0.186 e. The Morgan fingerprint density at radius 1 is 0.815 bits per heavy atom. The van der Waals surface area contributed by atoms with Crippen LogP contribution >= 0.6 is 0 Å². The molecule has 1 aromatic heterocycles. The summed E-state index contributed by atoms with van der Waals surface area (Å²) in [5.41, 5.74) is 3.05. The molecular weight excluding hydrogens is 336 g/mol. The molecule has 3 aromatic carbocycles. The Bertz CT molecular complexity index is 1030. The summed E-state index contributed by atoms with van der Waals surface area (Å²) in [5.74, 6) is 1.50. The fourth-order valence-corrected chi connectivity index (χ4v) is 2.71. The first kappa shape index (κ1) is 16.7. The lowest BCUT2D eigenvalue weighted by Gasteiger charge is -2.09. The second-order valence-electron chi connectivity index (χ2n) is 5.94. The van der Waals surface area contributed by atoms with E-state index in [0.717, 1.165) is 22.4 Å². The Kier molecular flexibility index (Phi) is 5.02. The van der Waals surface area contributed by atoms with Crippen molar-refractivity contribution in [3.05, 3.63) is 96.1 Å².